The molecule has 18 heteroatoms. The molecular weight excluding hydrogens is 999 g/mol. The lowest BCUT2D eigenvalue weighted by Gasteiger charge is -2.37. The molecule has 1 unspecified atom stereocenters. The lowest BCUT2D eigenvalue weighted by Crippen LogP contribution is -2.56. The lowest BCUT2D eigenvalue weighted by molar-refractivity contribution is -0.141. The molecular formula is C60H72F2N8O8. The highest BCUT2D eigenvalue weighted by Crippen LogP contribution is 2.49. The number of H-pyrrole nitrogens is 2. The molecule has 7 aliphatic carbocycles. The largest absolute Gasteiger partial charge is 0.453 e. The number of hydrogen-bond acceptors (Lipinski definition) is 10. The number of alkyl carbamates (subject to hydrolysis) is 2. The van der Waals surface area contributed by atoms with E-state index in [9.17, 15) is 19.2 Å². The molecule has 414 valence electrons. The van der Waals surface area contributed by atoms with Crippen molar-refractivity contribution in [2.45, 2.75) is 158 Å². The molecule has 14 rings (SSSR count). The zero-order chi connectivity index (χ0) is 54.5. The molecule has 4 amide bonds. The predicted octanol–water partition coefficient (Wildman–Crippen LogP) is 10.5. The number of imidazole rings is 2. The maximum Gasteiger partial charge on any atom is 0.407 e. The zero-order valence-electron chi connectivity index (χ0n) is 45.4. The fourth-order valence-corrected chi connectivity index (χ4v) is 14.1. The number of aryl methyl sites for hydroxylation is 2. The molecule has 4 bridgehead atoms. The van der Waals surface area contributed by atoms with Crippen LogP contribution >= 0.6 is 0 Å². The molecule has 4 fully saturated rings. The molecule has 78 heavy (non-hydrogen) atoms. The van der Waals surface area contributed by atoms with E-state index in [-0.39, 0.29) is 65.4 Å². The van der Waals surface area contributed by atoms with Crippen molar-refractivity contribution in [1.82, 2.24) is 40.4 Å². The number of hydrogen-bond donors (Lipinski definition) is 4. The molecule has 2 saturated carbocycles. The van der Waals surface area contributed by atoms with Crippen LogP contribution in [0.2, 0.25) is 0 Å². The van der Waals surface area contributed by atoms with Gasteiger partial charge in [-0.2, -0.15) is 0 Å². The summed E-state index contributed by atoms with van der Waals surface area (Å²) in [6.45, 7) is 3.52. The van der Waals surface area contributed by atoms with Gasteiger partial charge < -0.3 is 49.3 Å². The second-order valence-electron chi connectivity index (χ2n) is 22.6. The number of nitrogens with one attached hydrogen (secondary N) is 4. The van der Waals surface area contributed by atoms with Gasteiger partial charge >= 0.3 is 12.2 Å². The van der Waals surface area contributed by atoms with Gasteiger partial charge in [0.1, 0.15) is 35.4 Å². The third-order valence-electron chi connectivity index (χ3n) is 18.4. The summed E-state index contributed by atoms with van der Waals surface area (Å²) in [4.78, 5) is 75.3. The number of allylic oxidation sites excluding steroid dienone is 4. The number of aromatic amines is 2. The van der Waals surface area contributed by atoms with Crippen molar-refractivity contribution in [1.29, 1.82) is 0 Å². The van der Waals surface area contributed by atoms with Crippen molar-refractivity contribution in [2.75, 3.05) is 28.4 Å². The molecule has 2 aliphatic heterocycles. The highest BCUT2D eigenvalue weighted by molar-refractivity contribution is 5.89. The Morgan fingerprint density at radius 1 is 0.641 bits per heavy atom. The number of rotatable bonds is 12. The monoisotopic (exact) mass is 1070 g/mol. The minimum atomic E-state index is -0.960. The number of likely N-dealkylation sites (tertiary alicyclic amines) is 2. The van der Waals surface area contributed by atoms with E-state index in [0.29, 0.717) is 54.4 Å². The van der Waals surface area contributed by atoms with E-state index >= 15 is 8.78 Å². The Kier molecular flexibility index (Phi) is 15.2. The molecule has 12 atom stereocenters. The van der Waals surface area contributed by atoms with E-state index in [4.69, 9.17) is 28.9 Å². The molecule has 16 nitrogen and oxygen atoms in total. The first-order chi connectivity index (χ1) is 37.7. The molecule has 9 aliphatic rings. The van der Waals surface area contributed by atoms with Crippen LogP contribution in [0.15, 0.2) is 72.1 Å². The van der Waals surface area contributed by atoms with Crippen molar-refractivity contribution in [3.63, 3.8) is 0 Å². The second-order valence-corrected chi connectivity index (χ2v) is 22.6. The van der Waals surface area contributed by atoms with Crippen molar-refractivity contribution in [3.05, 3.63) is 106 Å². The first-order valence-electron chi connectivity index (χ1n) is 28.0. The van der Waals surface area contributed by atoms with Crippen LogP contribution in [0, 0.1) is 23.6 Å². The van der Waals surface area contributed by atoms with Gasteiger partial charge in [-0.25, -0.2) is 28.3 Å². The van der Waals surface area contributed by atoms with E-state index < -0.39 is 36.5 Å². The van der Waals surface area contributed by atoms with Crippen LogP contribution in [0.1, 0.15) is 137 Å². The second kappa shape index (κ2) is 22.2. The van der Waals surface area contributed by atoms with Crippen LogP contribution in [0.5, 0.6) is 0 Å². The van der Waals surface area contributed by atoms with E-state index in [2.05, 4.69) is 38.8 Å². The summed E-state index contributed by atoms with van der Waals surface area (Å²) in [6.07, 6.45) is 12.2. The predicted molar refractivity (Wildman–Crippen MR) is 289 cm³/mol. The Morgan fingerprint density at radius 3 is 1.76 bits per heavy atom. The van der Waals surface area contributed by atoms with Crippen molar-refractivity contribution >= 4 is 46.1 Å². The number of methoxy groups -OCH3 is 4. The number of fused-ring (bicyclic) bond motifs is 4. The van der Waals surface area contributed by atoms with Crippen molar-refractivity contribution in [2.24, 2.45) is 17.8 Å². The van der Waals surface area contributed by atoms with E-state index in [1.54, 1.807) is 26.0 Å². The van der Waals surface area contributed by atoms with Gasteiger partial charge in [-0.15, -0.1) is 0 Å². The third kappa shape index (κ3) is 10.1. The number of amides is 4. The summed E-state index contributed by atoms with van der Waals surface area (Å²) in [7, 11) is 5.57. The maximum absolute atomic E-state index is 16.3. The van der Waals surface area contributed by atoms with Gasteiger partial charge in [-0.05, 0) is 172 Å². The number of ether oxygens (including phenoxy) is 4. The summed E-state index contributed by atoms with van der Waals surface area (Å²) in [5.41, 5.74) is 7.71. The van der Waals surface area contributed by atoms with Crippen LogP contribution < -0.4 is 10.6 Å². The fraction of sp³-hybridized carbons (Fsp3) is 0.533. The van der Waals surface area contributed by atoms with Gasteiger partial charge in [0.05, 0.1) is 60.6 Å². The van der Waals surface area contributed by atoms with Crippen molar-refractivity contribution in [3.8, 4) is 11.1 Å². The summed E-state index contributed by atoms with van der Waals surface area (Å²) in [5, 5.41) is 5.46. The number of halogens is 2. The fourth-order valence-electron chi connectivity index (χ4n) is 14.1. The van der Waals surface area contributed by atoms with Crippen LogP contribution in [0.3, 0.4) is 0 Å². The van der Waals surface area contributed by atoms with Crippen LogP contribution in [-0.2, 0) is 41.4 Å². The van der Waals surface area contributed by atoms with Crippen LogP contribution in [0.4, 0.5) is 18.4 Å². The minimum Gasteiger partial charge on any atom is -0.453 e. The Bertz CT molecular complexity index is 3170. The Hall–Kier alpha value is -6.66. The number of nitrogens with zero attached hydrogens (tertiary/aromatic N) is 4. The van der Waals surface area contributed by atoms with Crippen molar-refractivity contribution < 1.29 is 46.9 Å². The normalized spacial score (nSPS) is 26.5. The third-order valence-corrected chi connectivity index (χ3v) is 18.4. The van der Waals surface area contributed by atoms with Gasteiger partial charge in [0, 0.05) is 32.2 Å². The number of benzene rings is 3. The van der Waals surface area contributed by atoms with Gasteiger partial charge in [0.15, 0.2) is 0 Å². The Morgan fingerprint density at radius 2 is 1.19 bits per heavy atom. The topological polar surface area (TPSA) is 193 Å². The van der Waals surface area contributed by atoms with E-state index in [1.807, 2.05) is 40.1 Å². The smallest absolute Gasteiger partial charge is 0.407 e. The van der Waals surface area contributed by atoms with Gasteiger partial charge in [-0.3, -0.25) is 9.59 Å². The maximum atomic E-state index is 16.3. The SMILES string of the molecule is COC(=O)N[C@H](C(=O)N1[C@H](c2nc3ccc(-c4cc5c(F)cc4CCC4=C[C@@H](c6ccc7nc([C@@H]8C[C@@H]9CCCC[C@@H]9N8C(=O)[C@@H](NC(=O)OC)[C@@H](C)OC)[nH]c7c6)C(C=C4F)CC5)cc3[nH]2)C[C@@H]2CCCC[C@@H]21)[C@@H](C)OC. The van der Waals surface area contributed by atoms with Gasteiger partial charge in [-0.1, -0.05) is 43.9 Å². The first kappa shape index (κ1) is 53.3. The van der Waals surface area contributed by atoms with Gasteiger partial charge in [0.25, 0.3) is 0 Å². The number of carbonyl (C=O) groups is 4. The molecule has 3 aromatic carbocycles. The molecule has 2 aromatic heterocycles. The standard InChI is InChI=1S/C60H72F2N8O8/c1-31(75-3)53(67-59(73)77-5)57(71)69-49-13-9-7-11-39(49)29-51(69)55-63-45-21-19-35(27-47(45)65-55)41-23-37-18-16-34-26-44(62)38(17-15-33(41)25-43(37)61)24-42(34)36-20-22-46-48(28-36)66-56(64-46)52-30-40-12-8-10-14-50(40)70(52)58(72)54(32(2)76-4)68-60(74)78-6/h19-28,31-33,39-41,49-54H,7-18,29-30H2,1-6H3,(H,63,65)(H,64,66)(H,67,73)(H,68,74)/t31-,32-,33?,39+,40+,41-,49+,50+,51+,52+,53+,54+/m1/s1. The average Bonchev–Trinajstić information content (AvgIpc) is 4.35. The molecule has 0 spiro atoms. The molecule has 2 saturated heterocycles. The highest BCUT2D eigenvalue weighted by atomic mass is 19.1. The van der Waals surface area contributed by atoms with Crippen LogP contribution in [-0.4, -0.2) is 119 Å². The zero-order valence-corrected chi connectivity index (χ0v) is 45.4. The molecule has 0 radical (unpaired) electrons. The minimum absolute atomic E-state index is 0.000954. The summed E-state index contributed by atoms with van der Waals surface area (Å²) in [5.74, 6) is 0.483. The summed E-state index contributed by atoms with van der Waals surface area (Å²) >= 11 is 0. The van der Waals surface area contributed by atoms with Crippen LogP contribution in [0.25, 0.3) is 33.2 Å². The van der Waals surface area contributed by atoms with Gasteiger partial charge in [0.2, 0.25) is 11.8 Å². The highest BCUT2D eigenvalue weighted by Gasteiger charge is 2.50. The summed E-state index contributed by atoms with van der Waals surface area (Å²) < 4.78 is 53.7. The quantitative estimate of drug-likeness (QED) is 0.0934. The molecule has 5 aromatic rings. The molecule has 4 heterocycles. The Balaban J connectivity index is 0.861. The summed E-state index contributed by atoms with van der Waals surface area (Å²) in [6, 6.07) is 13.1. The lowest BCUT2D eigenvalue weighted by atomic mass is 9.76. The van der Waals surface area contributed by atoms with E-state index in [0.717, 1.165) is 109 Å². The Labute approximate surface area is 453 Å². The average molecular weight is 1070 g/mol. The molecule has 4 N–H and O–H groups in total. The number of aromatic nitrogens is 4. The van der Waals surface area contributed by atoms with E-state index in [1.165, 1.54) is 28.4 Å². The number of carbonyl (C=O) groups excluding carboxylic acids is 4. The first-order valence-corrected chi connectivity index (χ1v) is 28.0.